The summed E-state index contributed by atoms with van der Waals surface area (Å²) in [6.45, 7) is 8.34. The molecule has 0 aliphatic heterocycles. The maximum atomic E-state index is 14.8. The van der Waals surface area contributed by atoms with Crippen molar-refractivity contribution in [2.24, 2.45) is 17.3 Å². The van der Waals surface area contributed by atoms with Crippen molar-refractivity contribution in [3.63, 3.8) is 0 Å². The summed E-state index contributed by atoms with van der Waals surface area (Å²) < 4.78 is 39.9. The average molecular weight is 513 g/mol. The van der Waals surface area contributed by atoms with Crippen LogP contribution < -0.4 is 0 Å². The van der Waals surface area contributed by atoms with E-state index in [1.165, 1.54) is 29.4 Å². The van der Waals surface area contributed by atoms with Gasteiger partial charge < -0.3 is 10.2 Å². The van der Waals surface area contributed by atoms with Gasteiger partial charge in [0.05, 0.1) is 17.1 Å². The predicted octanol–water partition coefficient (Wildman–Crippen LogP) is 6.36. The Morgan fingerprint density at radius 2 is 1.97 bits per heavy atom. The van der Waals surface area contributed by atoms with Gasteiger partial charge in [-0.3, -0.25) is 0 Å². The topological polar surface area (TPSA) is 74.6 Å². The van der Waals surface area contributed by atoms with Crippen LogP contribution in [0.2, 0.25) is 0 Å². The molecule has 2 fully saturated rings. The fraction of sp³-hybridized carbons (Fsp3) is 0.467. The van der Waals surface area contributed by atoms with E-state index in [0.29, 0.717) is 30.8 Å². The highest BCUT2D eigenvalue weighted by Crippen LogP contribution is 2.57. The van der Waals surface area contributed by atoms with Crippen LogP contribution in [0.25, 0.3) is 0 Å². The Morgan fingerprint density at radius 1 is 1.25 bits per heavy atom. The summed E-state index contributed by atoms with van der Waals surface area (Å²) in [7, 11) is -4.12. The zero-order valence-electron chi connectivity index (χ0n) is 21.2. The molecule has 0 radical (unpaired) electrons. The largest absolute Gasteiger partial charge is 0.393 e. The fourth-order valence-electron chi connectivity index (χ4n) is 6.30. The summed E-state index contributed by atoms with van der Waals surface area (Å²) in [5.41, 5.74) is 4.17. The first-order chi connectivity index (χ1) is 17.0. The molecule has 2 saturated carbocycles. The summed E-state index contributed by atoms with van der Waals surface area (Å²) in [6.07, 6.45) is 11.6. The normalized spacial score (nSPS) is 32.5. The SMILES string of the molecule is C=C1/C(=C\C=C2/CCC[C@]3(C)C([C@H](C)C/C=C(\F)S(=O)(=O)c4ccccc4)=CC[C@@H]23)C[C@H](O)C[C@H]1O. The number of halogens is 1. The Kier molecular flexibility index (Phi) is 7.89. The number of allylic oxidation sites excluding steroid dienone is 6. The number of hydrogen-bond acceptors (Lipinski definition) is 4. The van der Waals surface area contributed by atoms with Crippen molar-refractivity contribution in [2.45, 2.75) is 75.9 Å². The first-order valence-electron chi connectivity index (χ1n) is 12.8. The fourth-order valence-corrected chi connectivity index (χ4v) is 7.36. The molecule has 0 heterocycles. The molecule has 36 heavy (non-hydrogen) atoms. The van der Waals surface area contributed by atoms with Crippen molar-refractivity contribution in [1.82, 2.24) is 0 Å². The number of benzene rings is 1. The van der Waals surface area contributed by atoms with Gasteiger partial charge in [-0.1, -0.05) is 68.0 Å². The van der Waals surface area contributed by atoms with Crippen molar-refractivity contribution >= 4 is 9.84 Å². The molecule has 0 spiro atoms. The summed E-state index contributed by atoms with van der Waals surface area (Å²) in [5, 5.41) is 19.1. The van der Waals surface area contributed by atoms with E-state index >= 15 is 0 Å². The van der Waals surface area contributed by atoms with Gasteiger partial charge in [0.15, 0.2) is 0 Å². The molecule has 5 atom stereocenters. The second-order valence-electron chi connectivity index (χ2n) is 10.7. The van der Waals surface area contributed by atoms with Gasteiger partial charge in [-0.25, -0.2) is 8.42 Å². The maximum Gasteiger partial charge on any atom is 0.232 e. The number of rotatable bonds is 6. The highest BCUT2D eigenvalue weighted by molar-refractivity contribution is 7.95. The van der Waals surface area contributed by atoms with E-state index in [4.69, 9.17) is 0 Å². The molecule has 4 nitrogen and oxygen atoms in total. The standard InChI is InChI=1S/C30H37FO4S/c1-20(11-16-29(31)36(34,35)25-9-5-4-6-10-25)26-14-15-27-22(8-7-17-30(26,27)3)12-13-23-18-24(32)19-28(33)21(23)2/h4-6,9-10,12-14,16,20,24,27-28,32-33H,2,7-8,11,15,17-19H2,1,3H3/b22-12+,23-13-,29-16+/t20-,24+,27+,28-,30-/m1/s1. The monoisotopic (exact) mass is 512 g/mol. The zero-order chi connectivity index (χ0) is 26.1. The van der Waals surface area contributed by atoms with E-state index in [1.807, 2.05) is 13.0 Å². The number of hydrogen-bond donors (Lipinski definition) is 2. The third kappa shape index (κ3) is 5.22. The summed E-state index contributed by atoms with van der Waals surface area (Å²) in [6, 6.07) is 7.70. The lowest BCUT2D eigenvalue weighted by Gasteiger charge is -2.42. The van der Waals surface area contributed by atoms with Gasteiger partial charge in [-0.2, -0.15) is 4.39 Å². The molecule has 0 aromatic heterocycles. The van der Waals surface area contributed by atoms with Gasteiger partial charge in [0, 0.05) is 6.42 Å². The number of sulfone groups is 1. The molecule has 0 amide bonds. The smallest absolute Gasteiger partial charge is 0.232 e. The second kappa shape index (κ2) is 10.6. The summed E-state index contributed by atoms with van der Waals surface area (Å²) >= 11 is 0. The Morgan fingerprint density at radius 3 is 2.69 bits per heavy atom. The Hall–Kier alpha value is -2.28. The van der Waals surface area contributed by atoms with E-state index < -0.39 is 27.2 Å². The molecule has 2 N–H and O–H groups in total. The molecule has 6 heteroatoms. The molecule has 3 aliphatic rings. The lowest BCUT2D eigenvalue weighted by atomic mass is 9.62. The van der Waals surface area contributed by atoms with E-state index in [-0.39, 0.29) is 16.2 Å². The quantitative estimate of drug-likeness (QED) is 0.435. The van der Waals surface area contributed by atoms with Crippen molar-refractivity contribution in [1.29, 1.82) is 0 Å². The summed E-state index contributed by atoms with van der Waals surface area (Å²) in [4.78, 5) is -0.0321. The van der Waals surface area contributed by atoms with Crippen molar-refractivity contribution in [2.75, 3.05) is 0 Å². The minimum Gasteiger partial charge on any atom is -0.393 e. The van der Waals surface area contributed by atoms with Crippen LogP contribution in [0, 0.1) is 17.3 Å². The Balaban J connectivity index is 1.49. The lowest BCUT2D eigenvalue weighted by molar-refractivity contribution is 0.0862. The van der Waals surface area contributed by atoms with Gasteiger partial charge in [-0.05, 0) is 85.1 Å². The Labute approximate surface area is 214 Å². The minimum absolute atomic E-state index is 0.0258. The highest BCUT2D eigenvalue weighted by Gasteiger charge is 2.45. The van der Waals surface area contributed by atoms with Gasteiger partial charge in [0.2, 0.25) is 15.0 Å². The van der Waals surface area contributed by atoms with E-state index in [2.05, 4.69) is 25.7 Å². The first-order valence-corrected chi connectivity index (χ1v) is 14.3. The molecule has 1 aromatic rings. The van der Waals surface area contributed by atoms with E-state index in [0.717, 1.165) is 31.3 Å². The minimum atomic E-state index is -4.12. The van der Waals surface area contributed by atoms with Gasteiger partial charge in [0.1, 0.15) is 0 Å². The molecular formula is C30H37FO4S. The molecule has 0 saturated heterocycles. The number of fused-ring (bicyclic) bond motifs is 1. The molecule has 4 rings (SSSR count). The van der Waals surface area contributed by atoms with Crippen LogP contribution in [0.15, 0.2) is 93.6 Å². The first kappa shape index (κ1) is 26.8. The van der Waals surface area contributed by atoms with Gasteiger partial charge in [0.25, 0.3) is 0 Å². The highest BCUT2D eigenvalue weighted by atomic mass is 32.2. The van der Waals surface area contributed by atoms with Crippen LogP contribution in [0.4, 0.5) is 4.39 Å². The van der Waals surface area contributed by atoms with Crippen LogP contribution >= 0.6 is 0 Å². The summed E-state index contributed by atoms with van der Waals surface area (Å²) in [5.74, 6) is 0.368. The van der Waals surface area contributed by atoms with Crippen LogP contribution in [0.1, 0.15) is 58.8 Å². The molecule has 0 unspecified atom stereocenters. The van der Waals surface area contributed by atoms with Crippen LogP contribution in [0.3, 0.4) is 0 Å². The average Bonchev–Trinajstić information content (AvgIpc) is 3.21. The molecule has 194 valence electrons. The molecular weight excluding hydrogens is 475 g/mol. The van der Waals surface area contributed by atoms with Crippen molar-refractivity contribution in [3.05, 3.63) is 88.7 Å². The third-order valence-corrected chi connectivity index (χ3v) is 9.92. The van der Waals surface area contributed by atoms with Gasteiger partial charge >= 0.3 is 0 Å². The number of aliphatic hydroxyl groups is 2. The van der Waals surface area contributed by atoms with E-state index in [9.17, 15) is 23.0 Å². The predicted molar refractivity (Wildman–Crippen MR) is 141 cm³/mol. The van der Waals surface area contributed by atoms with Crippen LogP contribution in [-0.2, 0) is 9.84 Å². The molecule has 1 aromatic carbocycles. The second-order valence-corrected chi connectivity index (χ2v) is 12.6. The lowest BCUT2D eigenvalue weighted by Crippen LogP contribution is -2.32. The van der Waals surface area contributed by atoms with Crippen LogP contribution in [-0.4, -0.2) is 30.8 Å². The van der Waals surface area contributed by atoms with Crippen molar-refractivity contribution in [3.8, 4) is 0 Å². The van der Waals surface area contributed by atoms with Gasteiger partial charge in [-0.15, -0.1) is 0 Å². The van der Waals surface area contributed by atoms with Crippen LogP contribution in [0.5, 0.6) is 0 Å². The number of aliphatic hydroxyl groups excluding tert-OH is 2. The Bertz CT molecular complexity index is 1220. The maximum absolute atomic E-state index is 14.8. The molecule has 3 aliphatic carbocycles. The molecule has 0 bridgehead atoms. The third-order valence-electron chi connectivity index (χ3n) is 8.35. The van der Waals surface area contributed by atoms with E-state index in [1.54, 1.807) is 18.2 Å². The zero-order valence-corrected chi connectivity index (χ0v) is 22.0. The van der Waals surface area contributed by atoms with Crippen molar-refractivity contribution < 1.29 is 23.0 Å².